The zero-order valence-electron chi connectivity index (χ0n) is 16.3. The molecule has 1 fully saturated rings. The number of carbonyl (C=O) groups is 1. The van der Waals surface area contributed by atoms with Crippen LogP contribution in [0.15, 0.2) is 53.4 Å². The molecule has 0 aromatic heterocycles. The summed E-state index contributed by atoms with van der Waals surface area (Å²) in [7, 11) is -2.25. The smallest absolute Gasteiger partial charge is 0.265 e. The molecule has 1 atom stereocenters. The van der Waals surface area contributed by atoms with E-state index in [1.807, 2.05) is 18.2 Å². The van der Waals surface area contributed by atoms with E-state index in [1.165, 1.54) is 29.6 Å². The van der Waals surface area contributed by atoms with Crippen molar-refractivity contribution in [3.8, 4) is 11.5 Å². The van der Waals surface area contributed by atoms with E-state index in [1.54, 1.807) is 19.1 Å². The first-order chi connectivity index (χ1) is 13.9. The Balaban J connectivity index is 1.79. The lowest BCUT2D eigenvalue weighted by atomic mass is 10.2. The molecule has 1 N–H and O–H groups in total. The molecule has 0 aliphatic carbocycles. The highest BCUT2D eigenvalue weighted by molar-refractivity contribution is 7.89. The van der Waals surface area contributed by atoms with Gasteiger partial charge in [0.1, 0.15) is 11.5 Å². The Kier molecular flexibility index (Phi) is 6.73. The molecule has 1 amide bonds. The molecule has 156 valence electrons. The number of morpholine rings is 1. The molecule has 1 aliphatic heterocycles. The van der Waals surface area contributed by atoms with Gasteiger partial charge in [0, 0.05) is 13.1 Å². The van der Waals surface area contributed by atoms with Gasteiger partial charge in [-0.2, -0.15) is 4.31 Å². The molecule has 9 heteroatoms. The monoisotopic (exact) mass is 420 g/mol. The van der Waals surface area contributed by atoms with Gasteiger partial charge in [0.15, 0.2) is 6.10 Å². The number of nitrogens with one attached hydrogen (secondary N) is 1. The second-order valence-electron chi connectivity index (χ2n) is 6.44. The van der Waals surface area contributed by atoms with Gasteiger partial charge in [0.2, 0.25) is 10.0 Å². The van der Waals surface area contributed by atoms with Crippen molar-refractivity contribution in [2.75, 3.05) is 38.7 Å². The third kappa shape index (κ3) is 5.06. The number of anilines is 1. The van der Waals surface area contributed by atoms with Gasteiger partial charge >= 0.3 is 0 Å². The van der Waals surface area contributed by atoms with Crippen LogP contribution in [0.25, 0.3) is 0 Å². The van der Waals surface area contributed by atoms with Crippen molar-refractivity contribution in [1.82, 2.24) is 4.31 Å². The fraction of sp³-hybridized carbons (Fsp3) is 0.350. The summed E-state index contributed by atoms with van der Waals surface area (Å²) >= 11 is 0. The number of hydrogen-bond donors (Lipinski definition) is 1. The lowest BCUT2D eigenvalue weighted by molar-refractivity contribution is -0.122. The van der Waals surface area contributed by atoms with E-state index in [9.17, 15) is 13.2 Å². The molecule has 1 saturated heterocycles. The minimum Gasteiger partial charge on any atom is -0.495 e. The number of sulfonamides is 1. The number of methoxy groups -OCH3 is 1. The first-order valence-electron chi connectivity index (χ1n) is 9.20. The van der Waals surface area contributed by atoms with Crippen molar-refractivity contribution in [1.29, 1.82) is 0 Å². The van der Waals surface area contributed by atoms with Gasteiger partial charge in [-0.1, -0.05) is 18.2 Å². The number of amides is 1. The topological polar surface area (TPSA) is 94.2 Å². The van der Waals surface area contributed by atoms with E-state index in [4.69, 9.17) is 14.2 Å². The quantitative estimate of drug-likeness (QED) is 0.737. The van der Waals surface area contributed by atoms with Crippen LogP contribution in [-0.4, -0.2) is 58.1 Å². The summed E-state index contributed by atoms with van der Waals surface area (Å²) in [6.07, 6.45) is -0.790. The van der Waals surface area contributed by atoms with Gasteiger partial charge in [-0.05, 0) is 37.3 Å². The first kappa shape index (κ1) is 21.1. The highest BCUT2D eigenvalue weighted by atomic mass is 32.2. The highest BCUT2D eigenvalue weighted by Gasteiger charge is 2.27. The molecule has 3 rings (SSSR count). The van der Waals surface area contributed by atoms with Gasteiger partial charge in [-0.3, -0.25) is 4.79 Å². The zero-order chi connectivity index (χ0) is 20.9. The SMILES string of the molecule is COc1ccc(S(=O)(=O)N2CCOCC2)cc1NC(=O)[C@@H](C)Oc1ccccc1. The predicted octanol–water partition coefficient (Wildman–Crippen LogP) is 2.12. The average molecular weight is 420 g/mol. The molecule has 29 heavy (non-hydrogen) atoms. The summed E-state index contributed by atoms with van der Waals surface area (Å²) in [6.45, 7) is 2.90. The fourth-order valence-electron chi connectivity index (χ4n) is 2.87. The van der Waals surface area contributed by atoms with Crippen LogP contribution < -0.4 is 14.8 Å². The lowest BCUT2D eigenvalue weighted by Crippen LogP contribution is -2.40. The Hall–Kier alpha value is -2.62. The van der Waals surface area contributed by atoms with Crippen molar-refractivity contribution in [2.24, 2.45) is 0 Å². The first-order valence-corrected chi connectivity index (χ1v) is 10.6. The summed E-state index contributed by atoms with van der Waals surface area (Å²) < 4.78 is 43.3. The van der Waals surface area contributed by atoms with E-state index < -0.39 is 22.0 Å². The second-order valence-corrected chi connectivity index (χ2v) is 8.38. The maximum absolute atomic E-state index is 12.9. The van der Waals surface area contributed by atoms with E-state index in [0.717, 1.165) is 0 Å². The summed E-state index contributed by atoms with van der Waals surface area (Å²) in [4.78, 5) is 12.7. The summed E-state index contributed by atoms with van der Waals surface area (Å²) in [5, 5.41) is 2.70. The number of hydrogen-bond acceptors (Lipinski definition) is 6. The molecule has 1 heterocycles. The van der Waals surface area contributed by atoms with Crippen LogP contribution in [0, 0.1) is 0 Å². The van der Waals surface area contributed by atoms with E-state index in [0.29, 0.717) is 24.7 Å². The van der Waals surface area contributed by atoms with Gasteiger partial charge in [-0.25, -0.2) is 8.42 Å². The van der Waals surface area contributed by atoms with Gasteiger partial charge in [0.05, 0.1) is 30.9 Å². The number of rotatable bonds is 7. The molecule has 2 aromatic rings. The summed E-state index contributed by atoms with van der Waals surface area (Å²) in [5.74, 6) is 0.491. The van der Waals surface area contributed by atoms with Gasteiger partial charge in [-0.15, -0.1) is 0 Å². The molecule has 0 spiro atoms. The van der Waals surface area contributed by atoms with E-state index in [2.05, 4.69) is 5.32 Å². The molecular formula is C20H24N2O6S. The number of ether oxygens (including phenoxy) is 3. The maximum atomic E-state index is 12.9. The van der Waals surface area contributed by atoms with Crippen LogP contribution in [0.1, 0.15) is 6.92 Å². The van der Waals surface area contributed by atoms with Crippen molar-refractivity contribution in [3.05, 3.63) is 48.5 Å². The molecule has 2 aromatic carbocycles. The fourth-order valence-corrected chi connectivity index (χ4v) is 4.31. The van der Waals surface area contributed by atoms with Crippen LogP contribution in [-0.2, 0) is 19.6 Å². The number of para-hydroxylation sites is 1. The Labute approximate surface area is 170 Å². The van der Waals surface area contributed by atoms with Crippen LogP contribution in [0.3, 0.4) is 0 Å². The number of nitrogens with zero attached hydrogens (tertiary/aromatic N) is 1. The number of benzene rings is 2. The van der Waals surface area contributed by atoms with Gasteiger partial charge < -0.3 is 19.5 Å². The van der Waals surface area contributed by atoms with Crippen LogP contribution in [0.4, 0.5) is 5.69 Å². The standard InChI is InChI=1S/C20H24N2O6S/c1-15(28-16-6-4-3-5-7-16)20(23)21-18-14-17(8-9-19(18)26-2)29(24,25)22-10-12-27-13-11-22/h3-9,14-15H,10-13H2,1-2H3,(H,21,23)/t15-/m1/s1. The minimum absolute atomic E-state index is 0.0760. The zero-order valence-corrected chi connectivity index (χ0v) is 17.1. The molecule has 0 radical (unpaired) electrons. The Morgan fingerprint density at radius 1 is 1.14 bits per heavy atom. The summed E-state index contributed by atoms with van der Waals surface area (Å²) in [6, 6.07) is 13.3. The maximum Gasteiger partial charge on any atom is 0.265 e. The van der Waals surface area contributed by atoms with Crippen molar-refractivity contribution >= 4 is 21.6 Å². The largest absolute Gasteiger partial charge is 0.495 e. The second kappa shape index (κ2) is 9.25. The van der Waals surface area contributed by atoms with Crippen LogP contribution in [0.5, 0.6) is 11.5 Å². The van der Waals surface area contributed by atoms with Crippen LogP contribution >= 0.6 is 0 Å². The van der Waals surface area contributed by atoms with Crippen LogP contribution in [0.2, 0.25) is 0 Å². The van der Waals surface area contributed by atoms with E-state index >= 15 is 0 Å². The third-order valence-corrected chi connectivity index (χ3v) is 6.36. The average Bonchev–Trinajstić information content (AvgIpc) is 2.75. The Bertz CT molecular complexity index is 943. The minimum atomic E-state index is -3.70. The van der Waals surface area contributed by atoms with Crippen molar-refractivity contribution in [3.63, 3.8) is 0 Å². The normalized spacial score (nSPS) is 16.1. The van der Waals surface area contributed by atoms with Crippen molar-refractivity contribution in [2.45, 2.75) is 17.9 Å². The lowest BCUT2D eigenvalue weighted by Gasteiger charge is -2.26. The molecule has 8 nitrogen and oxygen atoms in total. The molecular weight excluding hydrogens is 396 g/mol. The molecule has 0 unspecified atom stereocenters. The third-order valence-electron chi connectivity index (χ3n) is 4.46. The summed E-state index contributed by atoms with van der Waals surface area (Å²) in [5.41, 5.74) is 0.260. The predicted molar refractivity (Wildman–Crippen MR) is 108 cm³/mol. The van der Waals surface area contributed by atoms with Crippen molar-refractivity contribution < 1.29 is 27.4 Å². The Morgan fingerprint density at radius 3 is 2.48 bits per heavy atom. The van der Waals surface area contributed by atoms with E-state index in [-0.39, 0.29) is 23.7 Å². The highest BCUT2D eigenvalue weighted by Crippen LogP contribution is 2.29. The molecule has 0 saturated carbocycles. The number of carbonyl (C=O) groups excluding carboxylic acids is 1. The van der Waals surface area contributed by atoms with Gasteiger partial charge in [0.25, 0.3) is 5.91 Å². The molecule has 1 aliphatic rings. The Morgan fingerprint density at radius 2 is 1.83 bits per heavy atom. The molecule has 0 bridgehead atoms.